The van der Waals surface area contributed by atoms with Crippen LogP contribution in [0.5, 0.6) is 0 Å². The summed E-state index contributed by atoms with van der Waals surface area (Å²) in [7, 11) is 0. The van der Waals surface area contributed by atoms with Crippen molar-refractivity contribution in [1.82, 2.24) is 5.32 Å². The van der Waals surface area contributed by atoms with Crippen LogP contribution < -0.4 is 16.0 Å². The quantitative estimate of drug-likeness (QED) is 0.704. The van der Waals surface area contributed by atoms with Gasteiger partial charge in [0.25, 0.3) is 0 Å². The van der Waals surface area contributed by atoms with Gasteiger partial charge in [0.1, 0.15) is 5.41 Å². The van der Waals surface area contributed by atoms with E-state index in [1.165, 1.54) is 6.92 Å². The average molecular weight is 305 g/mol. The summed E-state index contributed by atoms with van der Waals surface area (Å²) < 4.78 is 0. The summed E-state index contributed by atoms with van der Waals surface area (Å²) in [5.41, 5.74) is 0.0479. The first-order valence-electron chi connectivity index (χ1n) is 7.24. The van der Waals surface area contributed by atoms with E-state index in [-0.39, 0.29) is 17.7 Å². The fourth-order valence-electron chi connectivity index (χ4n) is 1.69. The van der Waals surface area contributed by atoms with Gasteiger partial charge < -0.3 is 16.0 Å². The third-order valence-electron chi connectivity index (χ3n) is 3.13. The normalized spacial score (nSPS) is 10.7. The maximum Gasteiger partial charge on any atom is 0.239 e. The molecule has 3 amide bonds. The zero-order chi connectivity index (χ0) is 16.8. The molecule has 0 aliphatic rings. The summed E-state index contributed by atoms with van der Waals surface area (Å²) in [6.07, 6.45) is 0.814. The minimum atomic E-state index is -1.16. The van der Waals surface area contributed by atoms with Gasteiger partial charge in [0.05, 0.1) is 0 Å². The van der Waals surface area contributed by atoms with E-state index in [0.717, 1.165) is 6.42 Å². The average Bonchev–Trinajstić information content (AvgIpc) is 2.46. The highest BCUT2D eigenvalue weighted by atomic mass is 16.2. The van der Waals surface area contributed by atoms with E-state index >= 15 is 0 Å². The summed E-state index contributed by atoms with van der Waals surface area (Å²) in [5.74, 6) is -0.847. The molecular formula is C16H23N3O3. The Kier molecular flexibility index (Phi) is 6.10. The van der Waals surface area contributed by atoms with Crippen molar-refractivity contribution in [3.63, 3.8) is 0 Å². The number of rotatable bonds is 6. The first kappa shape index (κ1) is 17.7. The largest absolute Gasteiger partial charge is 0.355 e. The van der Waals surface area contributed by atoms with E-state index < -0.39 is 5.41 Å². The third kappa shape index (κ3) is 4.87. The summed E-state index contributed by atoms with van der Waals surface area (Å²) in [5, 5.41) is 8.07. The number of amides is 3. The predicted molar refractivity (Wildman–Crippen MR) is 86.5 cm³/mol. The molecule has 1 rings (SSSR count). The molecule has 0 spiro atoms. The Morgan fingerprint density at radius 3 is 1.91 bits per heavy atom. The molecule has 6 nitrogen and oxygen atoms in total. The molecule has 6 heteroatoms. The molecule has 0 aliphatic carbocycles. The molecule has 0 aliphatic heterocycles. The molecule has 0 fully saturated rings. The number of benzene rings is 1. The molecular weight excluding hydrogens is 282 g/mol. The van der Waals surface area contributed by atoms with Crippen molar-refractivity contribution in [2.75, 3.05) is 17.2 Å². The van der Waals surface area contributed by atoms with Gasteiger partial charge in [-0.2, -0.15) is 0 Å². The van der Waals surface area contributed by atoms with Crippen molar-refractivity contribution in [2.45, 2.75) is 34.1 Å². The van der Waals surface area contributed by atoms with E-state index in [4.69, 9.17) is 0 Å². The molecule has 0 saturated carbocycles. The fraction of sp³-hybridized carbons (Fsp3) is 0.438. The van der Waals surface area contributed by atoms with Crippen LogP contribution in [0.4, 0.5) is 11.4 Å². The zero-order valence-electron chi connectivity index (χ0n) is 13.4. The van der Waals surface area contributed by atoms with Gasteiger partial charge in [-0.1, -0.05) is 6.92 Å². The van der Waals surface area contributed by atoms with Gasteiger partial charge in [-0.25, -0.2) is 0 Å². The lowest BCUT2D eigenvalue weighted by molar-refractivity contribution is -0.138. The van der Waals surface area contributed by atoms with Crippen molar-refractivity contribution in [3.05, 3.63) is 24.3 Å². The molecule has 1 aromatic rings. The van der Waals surface area contributed by atoms with Gasteiger partial charge in [0, 0.05) is 24.8 Å². The second kappa shape index (κ2) is 7.59. The predicted octanol–water partition coefficient (Wildman–Crippen LogP) is 2.14. The summed E-state index contributed by atoms with van der Waals surface area (Å²) in [6.45, 7) is 7.08. The molecule has 0 saturated heterocycles. The Morgan fingerprint density at radius 2 is 1.45 bits per heavy atom. The molecule has 0 aromatic heterocycles. The molecule has 0 atom stereocenters. The standard InChI is InChI=1S/C16H23N3O3/c1-5-10-17-14(21)16(3,4)15(22)19-13-8-6-12(7-9-13)18-11(2)20/h6-9H,5,10H2,1-4H3,(H,17,21)(H,18,20)(H,19,22). The number of anilines is 2. The maximum absolute atomic E-state index is 12.3. The van der Waals surface area contributed by atoms with Crippen molar-refractivity contribution in [2.24, 2.45) is 5.41 Å². The Morgan fingerprint density at radius 1 is 0.955 bits per heavy atom. The number of carbonyl (C=O) groups excluding carboxylic acids is 3. The van der Waals surface area contributed by atoms with Gasteiger partial charge in [0.15, 0.2) is 0 Å². The summed E-state index contributed by atoms with van der Waals surface area (Å²) in [6, 6.07) is 6.70. The molecule has 0 bridgehead atoms. The van der Waals surface area contributed by atoms with Crippen LogP contribution >= 0.6 is 0 Å². The Bertz CT molecular complexity index is 550. The molecule has 22 heavy (non-hydrogen) atoms. The molecule has 120 valence electrons. The SMILES string of the molecule is CCCNC(=O)C(C)(C)C(=O)Nc1ccc(NC(C)=O)cc1. The van der Waals surface area contributed by atoms with Crippen molar-refractivity contribution in [3.8, 4) is 0 Å². The Labute approximate surface area is 130 Å². The first-order chi connectivity index (χ1) is 10.3. The van der Waals surface area contributed by atoms with Crippen molar-refractivity contribution < 1.29 is 14.4 Å². The molecule has 0 heterocycles. The van der Waals surface area contributed by atoms with Gasteiger partial charge in [-0.3, -0.25) is 14.4 Å². The van der Waals surface area contributed by atoms with Crippen LogP contribution in [0.2, 0.25) is 0 Å². The summed E-state index contributed by atoms with van der Waals surface area (Å²) in [4.78, 5) is 35.2. The topological polar surface area (TPSA) is 87.3 Å². The van der Waals surface area contributed by atoms with E-state index in [1.54, 1.807) is 38.1 Å². The Hall–Kier alpha value is -2.37. The lowest BCUT2D eigenvalue weighted by atomic mass is 9.91. The van der Waals surface area contributed by atoms with Crippen molar-refractivity contribution >= 4 is 29.1 Å². The highest BCUT2D eigenvalue weighted by molar-refractivity contribution is 6.09. The van der Waals surface area contributed by atoms with Gasteiger partial charge in [-0.15, -0.1) is 0 Å². The maximum atomic E-state index is 12.3. The number of carbonyl (C=O) groups is 3. The highest BCUT2D eigenvalue weighted by Crippen LogP contribution is 2.20. The monoisotopic (exact) mass is 305 g/mol. The van der Waals surface area contributed by atoms with Crippen LogP contribution in [0, 0.1) is 5.41 Å². The van der Waals surface area contributed by atoms with Crippen LogP contribution in [0.15, 0.2) is 24.3 Å². The number of nitrogens with one attached hydrogen (secondary N) is 3. The minimum absolute atomic E-state index is 0.162. The fourth-order valence-corrected chi connectivity index (χ4v) is 1.69. The molecule has 3 N–H and O–H groups in total. The second-order valence-corrected chi connectivity index (χ2v) is 5.59. The van der Waals surface area contributed by atoms with E-state index in [0.29, 0.717) is 17.9 Å². The highest BCUT2D eigenvalue weighted by Gasteiger charge is 2.35. The molecule has 1 aromatic carbocycles. The van der Waals surface area contributed by atoms with Crippen LogP contribution in [-0.2, 0) is 14.4 Å². The Balaban J connectivity index is 2.70. The van der Waals surface area contributed by atoms with Crippen LogP contribution in [0.25, 0.3) is 0 Å². The van der Waals surface area contributed by atoms with Crippen molar-refractivity contribution in [1.29, 1.82) is 0 Å². The summed E-state index contributed by atoms with van der Waals surface area (Å²) >= 11 is 0. The number of hydrogen-bond acceptors (Lipinski definition) is 3. The first-order valence-corrected chi connectivity index (χ1v) is 7.24. The zero-order valence-corrected chi connectivity index (χ0v) is 13.4. The third-order valence-corrected chi connectivity index (χ3v) is 3.13. The van der Waals surface area contributed by atoms with Crippen LogP contribution in [0.1, 0.15) is 34.1 Å². The second-order valence-electron chi connectivity index (χ2n) is 5.59. The van der Waals surface area contributed by atoms with Gasteiger partial charge in [-0.05, 0) is 44.5 Å². The van der Waals surface area contributed by atoms with Gasteiger partial charge in [0.2, 0.25) is 17.7 Å². The molecule has 0 unspecified atom stereocenters. The number of hydrogen-bond donors (Lipinski definition) is 3. The van der Waals surface area contributed by atoms with Crippen LogP contribution in [-0.4, -0.2) is 24.3 Å². The van der Waals surface area contributed by atoms with Crippen LogP contribution in [0.3, 0.4) is 0 Å². The van der Waals surface area contributed by atoms with E-state index in [9.17, 15) is 14.4 Å². The lowest BCUT2D eigenvalue weighted by Crippen LogP contribution is -2.45. The molecule has 0 radical (unpaired) electrons. The minimum Gasteiger partial charge on any atom is -0.355 e. The van der Waals surface area contributed by atoms with Gasteiger partial charge >= 0.3 is 0 Å². The lowest BCUT2D eigenvalue weighted by Gasteiger charge is -2.22. The smallest absolute Gasteiger partial charge is 0.239 e. The van der Waals surface area contributed by atoms with E-state index in [1.807, 2.05) is 6.92 Å². The van der Waals surface area contributed by atoms with E-state index in [2.05, 4.69) is 16.0 Å².